The average Bonchev–Trinajstić information content (AvgIpc) is 2.74. The second kappa shape index (κ2) is 10.8. The monoisotopic (exact) mass is 471 g/mol. The van der Waals surface area contributed by atoms with E-state index in [1.54, 1.807) is 6.07 Å². The zero-order chi connectivity index (χ0) is 22.2. The molecule has 3 aromatic carbocycles. The van der Waals surface area contributed by atoms with Gasteiger partial charge in [0.05, 0.1) is 16.3 Å². The van der Waals surface area contributed by atoms with E-state index < -0.39 is 5.97 Å². The number of hydrogen-bond acceptors (Lipinski definition) is 4. The van der Waals surface area contributed by atoms with Crippen molar-refractivity contribution >= 4 is 69.6 Å². The fraction of sp³-hybridized carbons (Fsp3) is 0.0455. The standard InChI is InChI=1S/C22H18ClN3O3S2/c23-19-10-9-16(12-18(19)21(28)29)24-20(27)13-31-17-8-4-7-15(11-17)26-22(30)25-14-5-2-1-3-6-14/h1-12H,13H2,(H,24,27)(H,28,29)(H2,25,26,30). The van der Waals surface area contributed by atoms with Crippen LogP contribution in [0.15, 0.2) is 77.7 Å². The molecule has 0 fully saturated rings. The molecular formula is C22H18ClN3O3S2. The number of hydrogen-bond donors (Lipinski definition) is 4. The van der Waals surface area contributed by atoms with E-state index in [0.29, 0.717) is 10.8 Å². The molecule has 0 heterocycles. The number of anilines is 3. The van der Waals surface area contributed by atoms with Crippen LogP contribution in [0.4, 0.5) is 17.1 Å². The molecule has 6 nitrogen and oxygen atoms in total. The van der Waals surface area contributed by atoms with Gasteiger partial charge in [0.25, 0.3) is 0 Å². The second-order valence-electron chi connectivity index (χ2n) is 6.31. The van der Waals surface area contributed by atoms with Gasteiger partial charge in [-0.3, -0.25) is 4.79 Å². The maximum absolute atomic E-state index is 12.3. The Morgan fingerprint density at radius 2 is 1.55 bits per heavy atom. The van der Waals surface area contributed by atoms with Crippen molar-refractivity contribution in [1.82, 2.24) is 0 Å². The number of carbonyl (C=O) groups is 2. The van der Waals surface area contributed by atoms with Crippen LogP contribution >= 0.6 is 35.6 Å². The molecule has 1 amide bonds. The van der Waals surface area contributed by atoms with Crippen LogP contribution in [0.2, 0.25) is 5.02 Å². The molecule has 9 heteroatoms. The van der Waals surface area contributed by atoms with Crippen molar-refractivity contribution in [3.8, 4) is 0 Å². The number of benzene rings is 3. The molecule has 3 rings (SSSR count). The summed E-state index contributed by atoms with van der Waals surface area (Å²) < 4.78 is 0. The van der Waals surface area contributed by atoms with Crippen LogP contribution in [-0.2, 0) is 4.79 Å². The van der Waals surface area contributed by atoms with Gasteiger partial charge in [0.2, 0.25) is 5.91 Å². The van der Waals surface area contributed by atoms with Crippen LogP contribution in [0, 0.1) is 0 Å². The van der Waals surface area contributed by atoms with Crippen molar-refractivity contribution in [2.45, 2.75) is 4.90 Å². The number of thiocarbonyl (C=S) groups is 1. The SMILES string of the molecule is O=C(CSc1cccc(NC(=S)Nc2ccccc2)c1)Nc1ccc(Cl)c(C(=O)O)c1. The molecular weight excluding hydrogens is 454 g/mol. The van der Waals surface area contributed by atoms with Crippen molar-refractivity contribution < 1.29 is 14.7 Å². The largest absolute Gasteiger partial charge is 0.478 e. The molecule has 0 aliphatic heterocycles. The number of aromatic carboxylic acids is 1. The smallest absolute Gasteiger partial charge is 0.337 e. The molecule has 0 saturated carbocycles. The van der Waals surface area contributed by atoms with Crippen molar-refractivity contribution in [1.29, 1.82) is 0 Å². The number of carboxylic acids is 1. The first kappa shape index (κ1) is 22.6. The first-order chi connectivity index (χ1) is 14.9. The minimum atomic E-state index is -1.15. The number of halogens is 1. The van der Waals surface area contributed by atoms with Gasteiger partial charge < -0.3 is 21.1 Å². The summed E-state index contributed by atoms with van der Waals surface area (Å²) >= 11 is 12.5. The molecule has 0 aliphatic carbocycles. The van der Waals surface area contributed by atoms with E-state index in [1.807, 2.05) is 54.6 Å². The summed E-state index contributed by atoms with van der Waals surface area (Å²) in [5, 5.41) is 18.6. The maximum Gasteiger partial charge on any atom is 0.337 e. The summed E-state index contributed by atoms with van der Waals surface area (Å²) in [6.45, 7) is 0. The highest BCUT2D eigenvalue weighted by Crippen LogP contribution is 2.24. The molecule has 0 unspecified atom stereocenters. The lowest BCUT2D eigenvalue weighted by Crippen LogP contribution is -2.19. The first-order valence-corrected chi connectivity index (χ1v) is 10.9. The van der Waals surface area contributed by atoms with E-state index in [2.05, 4.69) is 16.0 Å². The lowest BCUT2D eigenvalue weighted by Gasteiger charge is -2.11. The number of carbonyl (C=O) groups excluding carboxylic acids is 1. The predicted molar refractivity (Wildman–Crippen MR) is 130 cm³/mol. The Bertz CT molecular complexity index is 1110. The van der Waals surface area contributed by atoms with Gasteiger partial charge in [-0.05, 0) is 60.7 Å². The van der Waals surface area contributed by atoms with Crippen LogP contribution in [0.25, 0.3) is 0 Å². The Kier molecular flexibility index (Phi) is 7.88. The molecule has 0 bridgehead atoms. The summed E-state index contributed by atoms with van der Waals surface area (Å²) in [6, 6.07) is 21.4. The number of rotatable bonds is 7. The fourth-order valence-corrected chi connectivity index (χ4v) is 3.78. The van der Waals surface area contributed by atoms with Gasteiger partial charge in [-0.2, -0.15) is 0 Å². The van der Waals surface area contributed by atoms with E-state index in [1.165, 1.54) is 23.9 Å². The number of amides is 1. The van der Waals surface area contributed by atoms with Gasteiger partial charge in [-0.15, -0.1) is 11.8 Å². The third-order valence-electron chi connectivity index (χ3n) is 3.97. The third-order valence-corrected chi connectivity index (χ3v) is 5.50. The van der Waals surface area contributed by atoms with Gasteiger partial charge in [0.1, 0.15) is 0 Å². The number of thioether (sulfide) groups is 1. The van der Waals surface area contributed by atoms with Gasteiger partial charge in [0, 0.05) is 22.0 Å². The molecule has 4 N–H and O–H groups in total. The fourth-order valence-electron chi connectivity index (χ4n) is 2.59. The van der Waals surface area contributed by atoms with Gasteiger partial charge >= 0.3 is 5.97 Å². The van der Waals surface area contributed by atoms with Gasteiger partial charge in [-0.25, -0.2) is 4.79 Å². The Labute approximate surface area is 194 Å². The topological polar surface area (TPSA) is 90.5 Å². The Balaban J connectivity index is 1.54. The lowest BCUT2D eigenvalue weighted by molar-refractivity contribution is -0.113. The van der Waals surface area contributed by atoms with Gasteiger partial charge in [-0.1, -0.05) is 35.9 Å². The zero-order valence-corrected chi connectivity index (χ0v) is 18.5. The molecule has 0 spiro atoms. The maximum atomic E-state index is 12.3. The number of nitrogens with one attached hydrogen (secondary N) is 3. The first-order valence-electron chi connectivity index (χ1n) is 9.09. The summed E-state index contributed by atoms with van der Waals surface area (Å²) in [4.78, 5) is 24.3. The van der Waals surface area contributed by atoms with E-state index in [9.17, 15) is 9.59 Å². The highest BCUT2D eigenvalue weighted by molar-refractivity contribution is 8.00. The summed E-state index contributed by atoms with van der Waals surface area (Å²) in [6.07, 6.45) is 0. The van der Waals surface area contributed by atoms with Gasteiger partial charge in [0.15, 0.2) is 5.11 Å². The van der Waals surface area contributed by atoms with E-state index in [0.717, 1.165) is 16.3 Å². The highest BCUT2D eigenvalue weighted by atomic mass is 35.5. The van der Waals surface area contributed by atoms with Crippen LogP contribution in [0.1, 0.15) is 10.4 Å². The van der Waals surface area contributed by atoms with Crippen LogP contribution in [0.3, 0.4) is 0 Å². The number of para-hydroxylation sites is 1. The van der Waals surface area contributed by atoms with Crippen molar-refractivity contribution in [3.05, 3.63) is 83.4 Å². The molecule has 31 heavy (non-hydrogen) atoms. The van der Waals surface area contributed by atoms with Crippen molar-refractivity contribution in [2.24, 2.45) is 0 Å². The minimum Gasteiger partial charge on any atom is -0.478 e. The molecule has 158 valence electrons. The van der Waals surface area contributed by atoms with E-state index >= 15 is 0 Å². The lowest BCUT2D eigenvalue weighted by atomic mass is 10.2. The van der Waals surface area contributed by atoms with Crippen LogP contribution in [0.5, 0.6) is 0 Å². The van der Waals surface area contributed by atoms with E-state index in [4.69, 9.17) is 28.9 Å². The summed E-state index contributed by atoms with van der Waals surface area (Å²) in [5.41, 5.74) is 1.99. The predicted octanol–water partition coefficient (Wildman–Crippen LogP) is 5.58. The highest BCUT2D eigenvalue weighted by Gasteiger charge is 2.11. The van der Waals surface area contributed by atoms with Crippen molar-refractivity contribution in [2.75, 3.05) is 21.7 Å². The van der Waals surface area contributed by atoms with Crippen molar-refractivity contribution in [3.63, 3.8) is 0 Å². The second-order valence-corrected chi connectivity index (χ2v) is 8.17. The Morgan fingerprint density at radius 3 is 2.29 bits per heavy atom. The van der Waals surface area contributed by atoms with Crippen LogP contribution in [-0.4, -0.2) is 27.8 Å². The zero-order valence-electron chi connectivity index (χ0n) is 16.1. The Morgan fingerprint density at radius 1 is 0.871 bits per heavy atom. The average molecular weight is 472 g/mol. The van der Waals surface area contributed by atoms with E-state index in [-0.39, 0.29) is 22.2 Å². The summed E-state index contributed by atoms with van der Waals surface area (Å²) in [7, 11) is 0. The normalized spacial score (nSPS) is 10.2. The summed E-state index contributed by atoms with van der Waals surface area (Å²) in [5.74, 6) is -1.26. The molecule has 0 radical (unpaired) electrons. The molecule has 0 aromatic heterocycles. The quantitative estimate of drug-likeness (QED) is 0.264. The molecule has 0 saturated heterocycles. The third kappa shape index (κ3) is 6.99. The Hall–Kier alpha value is -3.07. The minimum absolute atomic E-state index is 0.0639. The van der Waals surface area contributed by atoms with Crippen LogP contribution < -0.4 is 16.0 Å². The molecule has 0 atom stereocenters. The number of carboxylic acid groups (broad SMARTS) is 1. The molecule has 0 aliphatic rings. The molecule has 3 aromatic rings.